The van der Waals surface area contributed by atoms with Crippen LogP contribution in [0, 0.1) is 12.1 Å². The first-order valence-corrected chi connectivity index (χ1v) is 6.61. The standard InChI is InChI=1S/C17H21N3.2BrH.2Mg/c1-18(2)14-8-6-10-16(12-14)20(5)17-11-7-9-15(13-17)19(3)4;;;;/h6-9,12-13H,1-5H3;2*1H;;/q-2;;;2*+2/p-2. The van der Waals surface area contributed by atoms with Gasteiger partial charge in [-0.1, -0.05) is 22.7 Å². The molecule has 2 aromatic rings. The zero-order valence-electron chi connectivity index (χ0n) is 15.0. The number of nitrogens with zero attached hydrogens (tertiary/aromatic N) is 3. The monoisotopic (exact) mass is 473 g/mol. The summed E-state index contributed by atoms with van der Waals surface area (Å²) in [5, 5.41) is 0. The average molecular weight is 476 g/mol. The van der Waals surface area contributed by atoms with Crippen molar-refractivity contribution in [1.29, 1.82) is 0 Å². The van der Waals surface area contributed by atoms with Crippen LogP contribution in [0.3, 0.4) is 0 Å². The molecule has 7 heteroatoms. The Balaban J connectivity index is -0.00000110. The van der Waals surface area contributed by atoms with Crippen LogP contribution in [0.1, 0.15) is 0 Å². The van der Waals surface area contributed by atoms with Gasteiger partial charge in [-0.2, -0.15) is 24.3 Å². The van der Waals surface area contributed by atoms with Crippen molar-refractivity contribution < 1.29 is 34.0 Å². The van der Waals surface area contributed by atoms with Gasteiger partial charge in [0.1, 0.15) is 0 Å². The number of anilines is 4. The Morgan fingerprint density at radius 2 is 1.00 bits per heavy atom. The molecule has 0 bridgehead atoms. The van der Waals surface area contributed by atoms with Crippen molar-refractivity contribution in [2.45, 2.75) is 0 Å². The summed E-state index contributed by atoms with van der Waals surface area (Å²) in [6, 6.07) is 18.8. The Hall–Kier alpha value is 0.332. The van der Waals surface area contributed by atoms with E-state index in [1.54, 1.807) is 0 Å². The molecule has 0 spiro atoms. The maximum Gasteiger partial charge on any atom is 2.00 e. The van der Waals surface area contributed by atoms with Crippen LogP contribution in [0.25, 0.3) is 0 Å². The minimum absolute atomic E-state index is 0. The van der Waals surface area contributed by atoms with Gasteiger partial charge in [0.05, 0.1) is 0 Å². The zero-order chi connectivity index (χ0) is 14.7. The number of halogens is 2. The van der Waals surface area contributed by atoms with Crippen LogP contribution in [-0.2, 0) is 0 Å². The van der Waals surface area contributed by atoms with Gasteiger partial charge in [-0.25, -0.2) is 0 Å². The average Bonchev–Trinajstić information content (AvgIpc) is 2.46. The molecular formula is C17H21Br2Mg2N3. The summed E-state index contributed by atoms with van der Waals surface area (Å²) in [4.78, 5) is 6.27. The Labute approximate surface area is 199 Å². The molecule has 24 heavy (non-hydrogen) atoms. The molecule has 0 heterocycles. The molecule has 0 aliphatic carbocycles. The van der Waals surface area contributed by atoms with Gasteiger partial charge in [0.25, 0.3) is 0 Å². The molecule has 0 aromatic heterocycles. The predicted octanol–water partition coefficient (Wildman–Crippen LogP) is -3.57. The summed E-state index contributed by atoms with van der Waals surface area (Å²) < 4.78 is 0. The van der Waals surface area contributed by atoms with Crippen LogP contribution < -0.4 is 48.7 Å². The van der Waals surface area contributed by atoms with E-state index >= 15 is 0 Å². The number of rotatable bonds is 4. The molecule has 0 aliphatic rings. The number of benzene rings is 2. The quantitative estimate of drug-likeness (QED) is 0.335. The van der Waals surface area contributed by atoms with Crippen molar-refractivity contribution in [2.24, 2.45) is 0 Å². The van der Waals surface area contributed by atoms with Crippen LogP contribution in [0.4, 0.5) is 22.7 Å². The normalized spacial score (nSPS) is 8.54. The first kappa shape index (κ1) is 29.1. The molecule has 2 aromatic carbocycles. The minimum Gasteiger partial charge on any atom is -1.00 e. The van der Waals surface area contributed by atoms with Crippen molar-refractivity contribution in [3.05, 3.63) is 48.5 Å². The van der Waals surface area contributed by atoms with Gasteiger partial charge in [-0.05, 0) is 0 Å². The SMILES string of the molecule is CN(C)c1cc[c-]c(N(C)c2[c-]ccc(N(C)C)c2)c1.[Br-].[Br-].[Mg+2].[Mg+2]. The molecule has 2 rings (SSSR count). The fourth-order valence-corrected chi connectivity index (χ4v) is 1.96. The Morgan fingerprint density at radius 1 is 0.667 bits per heavy atom. The zero-order valence-corrected chi connectivity index (χ0v) is 21.0. The molecule has 0 fully saturated rings. The molecule has 0 atom stereocenters. The van der Waals surface area contributed by atoms with Gasteiger partial charge < -0.3 is 48.7 Å². The summed E-state index contributed by atoms with van der Waals surface area (Å²) in [6.45, 7) is 0. The van der Waals surface area contributed by atoms with Gasteiger partial charge in [0, 0.05) is 35.2 Å². The summed E-state index contributed by atoms with van der Waals surface area (Å²) >= 11 is 0. The third-order valence-corrected chi connectivity index (χ3v) is 3.30. The van der Waals surface area contributed by atoms with Crippen molar-refractivity contribution in [1.82, 2.24) is 0 Å². The van der Waals surface area contributed by atoms with Crippen molar-refractivity contribution in [3.8, 4) is 0 Å². The molecule has 0 N–H and O–H groups in total. The van der Waals surface area contributed by atoms with E-state index in [9.17, 15) is 0 Å². The first-order chi connectivity index (χ1) is 9.49. The van der Waals surface area contributed by atoms with Crippen LogP contribution in [0.15, 0.2) is 36.4 Å². The van der Waals surface area contributed by atoms with Gasteiger partial charge in [0.2, 0.25) is 0 Å². The minimum atomic E-state index is 0. The van der Waals surface area contributed by atoms with Crippen LogP contribution >= 0.6 is 0 Å². The largest absolute Gasteiger partial charge is 2.00 e. The molecule has 0 unspecified atom stereocenters. The molecule has 0 radical (unpaired) electrons. The van der Waals surface area contributed by atoms with E-state index in [0.29, 0.717) is 0 Å². The topological polar surface area (TPSA) is 9.72 Å². The van der Waals surface area contributed by atoms with E-state index in [2.05, 4.69) is 51.1 Å². The third kappa shape index (κ3) is 7.70. The fraction of sp³-hybridized carbons (Fsp3) is 0.294. The maximum atomic E-state index is 3.28. The van der Waals surface area contributed by atoms with E-state index in [-0.39, 0.29) is 80.1 Å². The second-order valence-corrected chi connectivity index (χ2v) is 5.21. The van der Waals surface area contributed by atoms with Crippen molar-refractivity contribution in [3.63, 3.8) is 0 Å². The van der Waals surface area contributed by atoms with Crippen LogP contribution in [0.2, 0.25) is 0 Å². The maximum absolute atomic E-state index is 3.28. The van der Waals surface area contributed by atoms with E-state index in [0.717, 1.165) is 22.7 Å². The molecule has 0 saturated heterocycles. The fourth-order valence-electron chi connectivity index (χ4n) is 1.96. The van der Waals surface area contributed by atoms with Gasteiger partial charge in [-0.3, -0.25) is 0 Å². The van der Waals surface area contributed by atoms with Crippen LogP contribution in [-0.4, -0.2) is 81.3 Å². The number of hydrogen-bond acceptors (Lipinski definition) is 3. The molecule has 0 saturated carbocycles. The Bertz CT molecular complexity index is 544. The first-order valence-electron chi connectivity index (χ1n) is 6.61. The van der Waals surface area contributed by atoms with Gasteiger partial charge >= 0.3 is 46.1 Å². The second kappa shape index (κ2) is 13.5. The van der Waals surface area contributed by atoms with Crippen molar-refractivity contribution >= 4 is 68.9 Å². The van der Waals surface area contributed by atoms with Gasteiger partial charge in [0.15, 0.2) is 0 Å². The third-order valence-electron chi connectivity index (χ3n) is 3.30. The predicted molar refractivity (Wildman–Crippen MR) is 98.8 cm³/mol. The summed E-state index contributed by atoms with van der Waals surface area (Å²) in [6.07, 6.45) is 0. The number of hydrogen-bond donors (Lipinski definition) is 0. The van der Waals surface area contributed by atoms with Crippen LogP contribution in [0.5, 0.6) is 0 Å². The Kier molecular flexibility index (Phi) is 16.4. The van der Waals surface area contributed by atoms with E-state index in [4.69, 9.17) is 0 Å². The van der Waals surface area contributed by atoms with E-state index < -0.39 is 0 Å². The summed E-state index contributed by atoms with van der Waals surface area (Å²) in [5.74, 6) is 0. The molecule has 3 nitrogen and oxygen atoms in total. The smallest absolute Gasteiger partial charge is 1.00 e. The van der Waals surface area contributed by atoms with Gasteiger partial charge in [-0.15, -0.1) is 24.3 Å². The Morgan fingerprint density at radius 3 is 1.29 bits per heavy atom. The van der Waals surface area contributed by atoms with Crippen molar-refractivity contribution in [2.75, 3.05) is 49.9 Å². The summed E-state index contributed by atoms with van der Waals surface area (Å²) in [5.41, 5.74) is 4.38. The summed E-state index contributed by atoms with van der Waals surface area (Å²) in [7, 11) is 10.2. The second-order valence-electron chi connectivity index (χ2n) is 5.21. The molecular weight excluding hydrogens is 455 g/mol. The molecule has 122 valence electrons. The molecule has 0 aliphatic heterocycles. The molecule has 0 amide bonds. The van der Waals surface area contributed by atoms with E-state index in [1.807, 2.05) is 47.4 Å². The van der Waals surface area contributed by atoms with E-state index in [1.165, 1.54) is 0 Å².